The van der Waals surface area contributed by atoms with Crippen LogP contribution in [0.25, 0.3) is 0 Å². The molecule has 0 radical (unpaired) electrons. The molecule has 2 aromatic carbocycles. The fraction of sp³-hybridized carbons (Fsp3) is 0.188. The zero-order valence-electron chi connectivity index (χ0n) is 11.8. The van der Waals surface area contributed by atoms with Gasteiger partial charge in [-0.3, -0.25) is 0 Å². The van der Waals surface area contributed by atoms with Crippen molar-refractivity contribution in [3.05, 3.63) is 59.4 Å². The summed E-state index contributed by atoms with van der Waals surface area (Å²) >= 11 is 0. The predicted octanol–water partition coefficient (Wildman–Crippen LogP) is 3.49. The third-order valence-corrected chi connectivity index (χ3v) is 3.14. The Morgan fingerprint density at radius 2 is 1.90 bits per heavy atom. The molecule has 5 heteroatoms. The molecule has 0 amide bonds. The van der Waals surface area contributed by atoms with E-state index in [1.165, 1.54) is 19.2 Å². The van der Waals surface area contributed by atoms with Gasteiger partial charge in [0.15, 0.2) is 0 Å². The number of hydrogen-bond acceptors (Lipinski definition) is 4. The molecule has 4 nitrogen and oxygen atoms in total. The zero-order chi connectivity index (χ0) is 15.4. The molecule has 21 heavy (non-hydrogen) atoms. The van der Waals surface area contributed by atoms with Crippen LogP contribution in [0.1, 0.15) is 28.9 Å². The first kappa shape index (κ1) is 14.8. The lowest BCUT2D eigenvalue weighted by Gasteiger charge is -2.16. The monoisotopic (exact) mass is 289 g/mol. The highest BCUT2D eigenvalue weighted by Gasteiger charge is 2.12. The second-order valence-corrected chi connectivity index (χ2v) is 4.64. The summed E-state index contributed by atoms with van der Waals surface area (Å²) in [5, 5.41) is 12.3. The number of carbonyl (C=O) groups excluding carboxylic acids is 1. The first-order valence-electron chi connectivity index (χ1n) is 6.44. The summed E-state index contributed by atoms with van der Waals surface area (Å²) in [6, 6.07) is 10.5. The van der Waals surface area contributed by atoms with Gasteiger partial charge in [0.05, 0.1) is 18.7 Å². The second kappa shape index (κ2) is 6.26. The number of phenols is 1. The van der Waals surface area contributed by atoms with E-state index >= 15 is 0 Å². The van der Waals surface area contributed by atoms with Crippen molar-refractivity contribution in [1.29, 1.82) is 0 Å². The standard InChI is InChI=1S/C16H16FNO3/c1-10(14-8-7-13(19)9-15(14)17)18-12-5-3-11(4-6-12)16(20)21-2/h3-10,18-19H,1-2H3. The first-order valence-corrected chi connectivity index (χ1v) is 6.44. The Labute approximate surface area is 122 Å². The minimum atomic E-state index is -0.471. The van der Waals surface area contributed by atoms with Crippen LogP contribution in [0, 0.1) is 5.82 Å². The molecule has 110 valence electrons. The summed E-state index contributed by atoms with van der Waals surface area (Å²) in [4.78, 5) is 11.3. The van der Waals surface area contributed by atoms with Crippen LogP contribution in [0.15, 0.2) is 42.5 Å². The second-order valence-electron chi connectivity index (χ2n) is 4.64. The Hall–Kier alpha value is -2.56. The highest BCUT2D eigenvalue weighted by Crippen LogP contribution is 2.24. The summed E-state index contributed by atoms with van der Waals surface area (Å²) in [5.74, 6) is -0.980. The van der Waals surface area contributed by atoms with Crippen molar-refractivity contribution in [3.8, 4) is 5.75 Å². The summed E-state index contributed by atoms with van der Waals surface area (Å²) < 4.78 is 18.4. The van der Waals surface area contributed by atoms with E-state index in [1.54, 1.807) is 24.3 Å². The summed E-state index contributed by atoms with van der Waals surface area (Å²) in [7, 11) is 1.32. The highest BCUT2D eigenvalue weighted by molar-refractivity contribution is 5.89. The Morgan fingerprint density at radius 3 is 2.48 bits per heavy atom. The van der Waals surface area contributed by atoms with Crippen molar-refractivity contribution in [2.45, 2.75) is 13.0 Å². The molecule has 2 rings (SSSR count). The Kier molecular flexibility index (Phi) is 4.42. The van der Waals surface area contributed by atoms with E-state index in [9.17, 15) is 14.3 Å². The van der Waals surface area contributed by atoms with E-state index in [0.29, 0.717) is 11.1 Å². The van der Waals surface area contributed by atoms with Gasteiger partial charge >= 0.3 is 5.97 Å². The maximum absolute atomic E-state index is 13.8. The molecule has 0 bridgehead atoms. The van der Waals surface area contributed by atoms with Crippen LogP contribution in [0.3, 0.4) is 0 Å². The number of benzene rings is 2. The molecule has 1 atom stereocenters. The van der Waals surface area contributed by atoms with Gasteiger partial charge in [-0.15, -0.1) is 0 Å². The third-order valence-electron chi connectivity index (χ3n) is 3.14. The van der Waals surface area contributed by atoms with Crippen molar-refractivity contribution in [3.63, 3.8) is 0 Å². The number of phenolic OH excluding ortho intramolecular Hbond substituents is 1. The van der Waals surface area contributed by atoms with Crippen molar-refractivity contribution in [1.82, 2.24) is 0 Å². The molecule has 0 saturated carbocycles. The van der Waals surface area contributed by atoms with Crippen molar-refractivity contribution in [2.24, 2.45) is 0 Å². The van der Waals surface area contributed by atoms with Gasteiger partial charge in [-0.05, 0) is 37.3 Å². The number of esters is 1. The Morgan fingerprint density at radius 1 is 1.24 bits per heavy atom. The fourth-order valence-corrected chi connectivity index (χ4v) is 2.02. The number of nitrogens with one attached hydrogen (secondary N) is 1. The first-order chi connectivity index (χ1) is 10.0. The molecule has 2 N–H and O–H groups in total. The fourth-order valence-electron chi connectivity index (χ4n) is 2.02. The molecule has 1 unspecified atom stereocenters. The topological polar surface area (TPSA) is 58.6 Å². The lowest BCUT2D eigenvalue weighted by molar-refractivity contribution is 0.0601. The lowest BCUT2D eigenvalue weighted by atomic mass is 10.1. The van der Waals surface area contributed by atoms with Crippen molar-refractivity contribution < 1.29 is 19.0 Å². The van der Waals surface area contributed by atoms with Gasteiger partial charge in [-0.2, -0.15) is 0 Å². The minimum Gasteiger partial charge on any atom is -0.508 e. The van der Waals surface area contributed by atoms with Crippen LogP contribution in [0.5, 0.6) is 5.75 Å². The molecule has 0 aliphatic rings. The number of carbonyl (C=O) groups is 1. The number of ether oxygens (including phenoxy) is 1. The minimum absolute atomic E-state index is 0.106. The van der Waals surface area contributed by atoms with Gasteiger partial charge in [-0.1, -0.05) is 6.07 Å². The van der Waals surface area contributed by atoms with Gasteiger partial charge in [0.25, 0.3) is 0 Å². The summed E-state index contributed by atoms with van der Waals surface area (Å²) in [6.45, 7) is 1.81. The molecule has 0 spiro atoms. The molecule has 0 heterocycles. The molecule has 0 aliphatic heterocycles. The van der Waals surface area contributed by atoms with Gasteiger partial charge in [0.1, 0.15) is 11.6 Å². The Bertz CT molecular complexity index is 640. The van der Waals surface area contributed by atoms with E-state index in [1.807, 2.05) is 6.92 Å². The van der Waals surface area contributed by atoms with Crippen molar-refractivity contribution in [2.75, 3.05) is 12.4 Å². The quantitative estimate of drug-likeness (QED) is 0.846. The largest absolute Gasteiger partial charge is 0.508 e. The average Bonchev–Trinajstić information content (AvgIpc) is 2.47. The number of aromatic hydroxyl groups is 1. The smallest absolute Gasteiger partial charge is 0.337 e. The van der Waals surface area contributed by atoms with Gasteiger partial charge in [-0.25, -0.2) is 9.18 Å². The summed E-state index contributed by atoms with van der Waals surface area (Å²) in [6.07, 6.45) is 0. The van der Waals surface area contributed by atoms with E-state index in [-0.39, 0.29) is 11.8 Å². The molecule has 0 saturated heterocycles. The lowest BCUT2D eigenvalue weighted by Crippen LogP contribution is -2.09. The molecule has 0 fully saturated rings. The van der Waals surface area contributed by atoms with E-state index in [0.717, 1.165) is 11.8 Å². The van der Waals surface area contributed by atoms with E-state index in [2.05, 4.69) is 10.1 Å². The number of anilines is 1. The summed E-state index contributed by atoms with van der Waals surface area (Å²) in [5.41, 5.74) is 1.65. The van der Waals surface area contributed by atoms with E-state index < -0.39 is 11.8 Å². The van der Waals surface area contributed by atoms with Crippen LogP contribution >= 0.6 is 0 Å². The number of halogens is 1. The SMILES string of the molecule is COC(=O)c1ccc(NC(C)c2ccc(O)cc2F)cc1. The molecular formula is C16H16FNO3. The van der Waals surface area contributed by atoms with Gasteiger partial charge in [0.2, 0.25) is 0 Å². The van der Waals surface area contributed by atoms with Gasteiger partial charge < -0.3 is 15.2 Å². The Balaban J connectivity index is 2.12. The maximum Gasteiger partial charge on any atom is 0.337 e. The average molecular weight is 289 g/mol. The number of rotatable bonds is 4. The normalized spacial score (nSPS) is 11.8. The predicted molar refractivity (Wildman–Crippen MR) is 77.9 cm³/mol. The van der Waals surface area contributed by atoms with Crippen LogP contribution in [0.2, 0.25) is 0 Å². The zero-order valence-corrected chi connectivity index (χ0v) is 11.8. The van der Waals surface area contributed by atoms with E-state index in [4.69, 9.17) is 0 Å². The molecular weight excluding hydrogens is 273 g/mol. The van der Waals surface area contributed by atoms with Gasteiger partial charge in [0, 0.05) is 17.3 Å². The molecule has 0 aromatic heterocycles. The third kappa shape index (κ3) is 3.51. The molecule has 2 aromatic rings. The highest BCUT2D eigenvalue weighted by atomic mass is 19.1. The number of methoxy groups -OCH3 is 1. The van der Waals surface area contributed by atoms with Crippen LogP contribution in [-0.2, 0) is 4.74 Å². The molecule has 0 aliphatic carbocycles. The van der Waals surface area contributed by atoms with Crippen LogP contribution < -0.4 is 5.32 Å². The van der Waals surface area contributed by atoms with Crippen molar-refractivity contribution >= 4 is 11.7 Å². The van der Waals surface area contributed by atoms with Crippen LogP contribution in [-0.4, -0.2) is 18.2 Å². The van der Waals surface area contributed by atoms with Crippen LogP contribution in [0.4, 0.5) is 10.1 Å². The number of hydrogen-bond donors (Lipinski definition) is 2. The maximum atomic E-state index is 13.8.